The fourth-order valence-corrected chi connectivity index (χ4v) is 0.497. The molecule has 0 saturated heterocycles. The van der Waals surface area contributed by atoms with Crippen LogP contribution >= 0.6 is 0 Å². The topological polar surface area (TPSA) is 12.9 Å². The first-order chi connectivity index (χ1) is 3.93. The monoisotopic (exact) mass is 298 g/mol. The van der Waals surface area contributed by atoms with Gasteiger partial charge < -0.3 is 0 Å². The van der Waals surface area contributed by atoms with Crippen molar-refractivity contribution in [2.75, 3.05) is 0 Å². The minimum absolute atomic E-state index is 0. The molecule has 0 bridgehead atoms. The predicted octanol–water partition coefficient (Wildman–Crippen LogP) is 1.72. The minimum atomic E-state index is 0. The van der Waals surface area contributed by atoms with Crippen LogP contribution in [0.25, 0.3) is 6.08 Å². The van der Waals surface area contributed by atoms with E-state index in [0.717, 1.165) is 5.69 Å². The van der Waals surface area contributed by atoms with E-state index in [4.69, 9.17) is 0 Å². The molecule has 0 saturated carbocycles. The summed E-state index contributed by atoms with van der Waals surface area (Å²) < 4.78 is 0. The number of rotatable bonds is 1. The first kappa shape index (κ1) is 8.54. The molecular formula is C7H7IrN. The summed E-state index contributed by atoms with van der Waals surface area (Å²) in [5.74, 6) is 0. The van der Waals surface area contributed by atoms with Gasteiger partial charge in [0, 0.05) is 26.3 Å². The molecule has 0 N–H and O–H groups in total. The third-order valence-corrected chi connectivity index (χ3v) is 0.897. The molecular weight excluding hydrogens is 290 g/mol. The average molecular weight is 297 g/mol. The van der Waals surface area contributed by atoms with Crippen LogP contribution in [0.5, 0.6) is 0 Å². The molecule has 1 rings (SSSR count). The second kappa shape index (κ2) is 4.42. The maximum atomic E-state index is 3.98. The Labute approximate surface area is 68.2 Å². The zero-order chi connectivity index (χ0) is 5.82. The molecule has 0 aromatic carbocycles. The summed E-state index contributed by atoms with van der Waals surface area (Å²) in [7, 11) is 0. The van der Waals surface area contributed by atoms with E-state index in [-0.39, 0.29) is 20.1 Å². The Bertz CT molecular complexity index is 172. The molecule has 0 atom stereocenters. The molecule has 1 nitrogen and oxygen atoms in total. The van der Waals surface area contributed by atoms with Gasteiger partial charge in [-0.2, -0.15) is 0 Å². The van der Waals surface area contributed by atoms with E-state index < -0.39 is 0 Å². The first-order valence-corrected chi connectivity index (χ1v) is 2.47. The molecule has 9 heavy (non-hydrogen) atoms. The van der Waals surface area contributed by atoms with Gasteiger partial charge in [0.15, 0.2) is 0 Å². The van der Waals surface area contributed by atoms with Crippen LogP contribution in [0.4, 0.5) is 0 Å². The second-order valence-electron chi connectivity index (χ2n) is 1.46. The number of hydrogen-bond donors (Lipinski definition) is 0. The van der Waals surface area contributed by atoms with Crippen molar-refractivity contribution in [2.45, 2.75) is 0 Å². The van der Waals surface area contributed by atoms with Crippen molar-refractivity contribution in [2.24, 2.45) is 0 Å². The van der Waals surface area contributed by atoms with Crippen molar-refractivity contribution in [3.8, 4) is 0 Å². The second-order valence-corrected chi connectivity index (χ2v) is 1.46. The van der Waals surface area contributed by atoms with Gasteiger partial charge in [0.1, 0.15) is 0 Å². The van der Waals surface area contributed by atoms with Crippen LogP contribution in [0.2, 0.25) is 0 Å². The number of pyridine rings is 1. The molecule has 0 unspecified atom stereocenters. The smallest absolute Gasteiger partial charge is 0.0623 e. The Balaban J connectivity index is 0.000000640. The number of hydrogen-bond acceptors (Lipinski definition) is 1. The van der Waals surface area contributed by atoms with E-state index in [2.05, 4.69) is 11.6 Å². The van der Waals surface area contributed by atoms with E-state index in [1.54, 1.807) is 12.3 Å². The largest absolute Gasteiger partial charge is 0.257 e. The van der Waals surface area contributed by atoms with Crippen LogP contribution in [0.3, 0.4) is 0 Å². The summed E-state index contributed by atoms with van der Waals surface area (Å²) in [6.07, 6.45) is 3.47. The first-order valence-electron chi connectivity index (χ1n) is 2.47. The minimum Gasteiger partial charge on any atom is -0.257 e. The van der Waals surface area contributed by atoms with Gasteiger partial charge in [-0.05, 0) is 18.2 Å². The predicted molar refractivity (Wildman–Crippen MR) is 34.3 cm³/mol. The van der Waals surface area contributed by atoms with E-state index in [1.165, 1.54) is 0 Å². The molecule has 0 aliphatic rings. The van der Waals surface area contributed by atoms with E-state index in [1.807, 2.05) is 18.2 Å². The summed E-state index contributed by atoms with van der Waals surface area (Å²) >= 11 is 0. The van der Waals surface area contributed by atoms with Crippen molar-refractivity contribution in [1.82, 2.24) is 4.98 Å². The summed E-state index contributed by atoms with van der Waals surface area (Å²) in [6, 6.07) is 5.73. The van der Waals surface area contributed by atoms with Crippen LogP contribution in [0, 0.1) is 0 Å². The summed E-state index contributed by atoms with van der Waals surface area (Å²) in [5.41, 5.74) is 0.924. The van der Waals surface area contributed by atoms with Crippen molar-refractivity contribution in [3.05, 3.63) is 36.7 Å². The molecule has 1 heterocycles. The normalized spacial score (nSPS) is 7.56. The molecule has 0 spiro atoms. The molecule has 49 valence electrons. The maximum Gasteiger partial charge on any atom is 0.0623 e. The van der Waals surface area contributed by atoms with Crippen molar-refractivity contribution in [1.29, 1.82) is 0 Å². The molecule has 0 fully saturated rings. The van der Waals surface area contributed by atoms with Crippen molar-refractivity contribution < 1.29 is 20.1 Å². The van der Waals surface area contributed by atoms with Crippen LogP contribution in [0.15, 0.2) is 31.0 Å². The van der Waals surface area contributed by atoms with Gasteiger partial charge in [-0.25, -0.2) is 0 Å². The third kappa shape index (κ3) is 2.54. The van der Waals surface area contributed by atoms with Gasteiger partial charge in [0.05, 0.1) is 5.69 Å². The van der Waals surface area contributed by atoms with Crippen LogP contribution in [0.1, 0.15) is 5.69 Å². The van der Waals surface area contributed by atoms with Gasteiger partial charge in [0.2, 0.25) is 0 Å². The third-order valence-electron chi connectivity index (χ3n) is 0.897. The fraction of sp³-hybridized carbons (Fsp3) is 0. The molecule has 1 radical (unpaired) electrons. The van der Waals surface area contributed by atoms with E-state index in [0.29, 0.717) is 0 Å². The van der Waals surface area contributed by atoms with Crippen LogP contribution in [-0.2, 0) is 20.1 Å². The Morgan fingerprint density at radius 1 is 1.44 bits per heavy atom. The summed E-state index contributed by atoms with van der Waals surface area (Å²) in [4.78, 5) is 3.98. The molecule has 1 aromatic heterocycles. The molecule has 0 aliphatic carbocycles. The van der Waals surface area contributed by atoms with Crippen molar-refractivity contribution in [3.63, 3.8) is 0 Å². The zero-order valence-corrected chi connectivity index (χ0v) is 7.27. The van der Waals surface area contributed by atoms with E-state index >= 15 is 0 Å². The molecule has 1 aromatic rings. The van der Waals surface area contributed by atoms with Crippen molar-refractivity contribution >= 4 is 6.08 Å². The van der Waals surface area contributed by atoms with Gasteiger partial charge in [-0.3, -0.25) is 4.98 Å². The van der Waals surface area contributed by atoms with Gasteiger partial charge in [0.25, 0.3) is 0 Å². The molecule has 0 amide bonds. The number of aromatic nitrogens is 1. The summed E-state index contributed by atoms with van der Waals surface area (Å²) in [5, 5.41) is 0. The van der Waals surface area contributed by atoms with E-state index in [9.17, 15) is 0 Å². The van der Waals surface area contributed by atoms with Gasteiger partial charge >= 0.3 is 0 Å². The maximum absolute atomic E-state index is 3.98. The molecule has 2 heteroatoms. The van der Waals surface area contributed by atoms with Gasteiger partial charge in [-0.1, -0.05) is 12.6 Å². The Hall–Kier alpha value is -0.461. The van der Waals surface area contributed by atoms with Crippen LogP contribution in [-0.4, -0.2) is 4.98 Å². The quantitative estimate of drug-likeness (QED) is 0.769. The van der Waals surface area contributed by atoms with Gasteiger partial charge in [-0.15, -0.1) is 0 Å². The Morgan fingerprint density at radius 2 is 2.22 bits per heavy atom. The number of nitrogens with zero attached hydrogens (tertiary/aromatic N) is 1. The zero-order valence-electron chi connectivity index (χ0n) is 4.87. The average Bonchev–Trinajstić information content (AvgIpc) is 1.90. The standard InChI is InChI=1S/C7H7N.Ir/c1-2-7-5-3-4-6-8-7;/h2-6H,1H2;. The fourth-order valence-electron chi connectivity index (χ4n) is 0.497. The Morgan fingerprint density at radius 3 is 2.56 bits per heavy atom. The SMILES string of the molecule is C=Cc1ccccn1.[Ir]. The van der Waals surface area contributed by atoms with Crippen LogP contribution < -0.4 is 0 Å². The Kier molecular flexibility index (Phi) is 4.20. The summed E-state index contributed by atoms with van der Waals surface area (Å²) in [6.45, 7) is 3.57. The molecule has 0 aliphatic heterocycles.